The molecule has 0 spiro atoms. The predicted molar refractivity (Wildman–Crippen MR) is 57.9 cm³/mol. The van der Waals surface area contributed by atoms with E-state index in [4.69, 9.17) is 15.1 Å². The van der Waals surface area contributed by atoms with E-state index < -0.39 is 17.9 Å². The monoisotopic (exact) mass is 240 g/mol. The Hall–Kier alpha value is -1.61. The molecule has 1 aliphatic heterocycles. The van der Waals surface area contributed by atoms with Gasteiger partial charge in [0.1, 0.15) is 6.04 Å². The summed E-state index contributed by atoms with van der Waals surface area (Å²) in [6.07, 6.45) is 0.733. The highest BCUT2D eigenvalue weighted by atomic mass is 16.5. The number of carboxylic acid groups (broad SMARTS) is 1. The zero-order valence-electron chi connectivity index (χ0n) is 9.68. The van der Waals surface area contributed by atoms with Crippen LogP contribution in [0.25, 0.3) is 0 Å². The molecule has 6 heteroatoms. The van der Waals surface area contributed by atoms with Crippen LogP contribution in [-0.4, -0.2) is 36.2 Å². The summed E-state index contributed by atoms with van der Waals surface area (Å²) in [5.74, 6) is -2.09. The first-order valence-electron chi connectivity index (χ1n) is 5.55. The van der Waals surface area contributed by atoms with Crippen molar-refractivity contribution in [3.05, 3.63) is 0 Å². The fraction of sp³-hybridized carbons (Fsp3) is 0.727. The number of hydrogen-bond acceptors (Lipinski definition) is 4. The van der Waals surface area contributed by atoms with Crippen LogP contribution in [0.5, 0.6) is 0 Å². The summed E-state index contributed by atoms with van der Waals surface area (Å²) < 4.78 is 5.06. The summed E-state index contributed by atoms with van der Waals surface area (Å²) in [5, 5.41) is 20.0. The standard InChI is InChI=1S/C11H16N2O4/c1-7(5-12)4-9(11(15)16)13-10(14)8-2-3-17-6-8/h7-9H,2-4,6H2,1H3,(H,13,14)(H,15,16)/t7-,8+,9+/m0/s1. The van der Waals surface area contributed by atoms with Crippen LogP contribution in [0.15, 0.2) is 0 Å². The molecule has 0 radical (unpaired) electrons. The second-order valence-corrected chi connectivity index (χ2v) is 4.23. The number of rotatable bonds is 5. The minimum Gasteiger partial charge on any atom is -0.480 e. The number of carbonyl (C=O) groups excluding carboxylic acids is 1. The smallest absolute Gasteiger partial charge is 0.326 e. The van der Waals surface area contributed by atoms with Gasteiger partial charge in [0.15, 0.2) is 0 Å². The van der Waals surface area contributed by atoms with E-state index in [-0.39, 0.29) is 18.2 Å². The number of aliphatic carboxylic acids is 1. The van der Waals surface area contributed by atoms with Gasteiger partial charge >= 0.3 is 5.97 Å². The molecule has 1 aliphatic rings. The van der Waals surface area contributed by atoms with Crippen molar-refractivity contribution in [3.8, 4) is 6.07 Å². The second-order valence-electron chi connectivity index (χ2n) is 4.23. The van der Waals surface area contributed by atoms with Crippen molar-refractivity contribution in [2.75, 3.05) is 13.2 Å². The van der Waals surface area contributed by atoms with E-state index >= 15 is 0 Å². The lowest BCUT2D eigenvalue weighted by Crippen LogP contribution is -2.44. The number of carbonyl (C=O) groups is 2. The SMILES string of the molecule is C[C@H](C#N)C[C@@H](NC(=O)[C@@H]1CCOC1)C(=O)O. The normalized spacial score (nSPS) is 22.5. The minimum absolute atomic E-state index is 0.116. The molecule has 6 nitrogen and oxygen atoms in total. The average Bonchev–Trinajstić information content (AvgIpc) is 2.81. The van der Waals surface area contributed by atoms with Crippen LogP contribution in [0.3, 0.4) is 0 Å². The van der Waals surface area contributed by atoms with Gasteiger partial charge in [0.25, 0.3) is 0 Å². The van der Waals surface area contributed by atoms with E-state index in [0.29, 0.717) is 19.6 Å². The molecule has 1 amide bonds. The van der Waals surface area contributed by atoms with Gasteiger partial charge in [-0.05, 0) is 19.8 Å². The van der Waals surface area contributed by atoms with Crippen LogP contribution >= 0.6 is 0 Å². The largest absolute Gasteiger partial charge is 0.480 e. The summed E-state index contributed by atoms with van der Waals surface area (Å²) >= 11 is 0. The van der Waals surface area contributed by atoms with Crippen molar-refractivity contribution < 1.29 is 19.4 Å². The van der Waals surface area contributed by atoms with Crippen molar-refractivity contribution >= 4 is 11.9 Å². The van der Waals surface area contributed by atoms with Gasteiger partial charge in [-0.1, -0.05) is 0 Å². The van der Waals surface area contributed by atoms with Crippen molar-refractivity contribution in [1.82, 2.24) is 5.32 Å². The Labute approximate surface area is 99.6 Å². The third-order valence-corrected chi connectivity index (χ3v) is 2.72. The highest BCUT2D eigenvalue weighted by Crippen LogP contribution is 2.13. The van der Waals surface area contributed by atoms with Gasteiger partial charge in [0, 0.05) is 12.5 Å². The van der Waals surface area contributed by atoms with E-state index in [1.54, 1.807) is 6.92 Å². The quantitative estimate of drug-likeness (QED) is 0.712. The Balaban J connectivity index is 2.51. The van der Waals surface area contributed by atoms with E-state index in [2.05, 4.69) is 5.32 Å². The number of hydrogen-bond donors (Lipinski definition) is 2. The molecule has 1 fully saturated rings. The van der Waals surface area contributed by atoms with E-state index in [0.717, 1.165) is 0 Å². The number of ether oxygens (including phenoxy) is 1. The zero-order valence-corrected chi connectivity index (χ0v) is 9.68. The number of amides is 1. The summed E-state index contributed by atoms with van der Waals surface area (Å²) in [7, 11) is 0. The molecule has 0 bridgehead atoms. The van der Waals surface area contributed by atoms with Crippen molar-refractivity contribution in [2.45, 2.75) is 25.8 Å². The third kappa shape index (κ3) is 4.04. The molecule has 17 heavy (non-hydrogen) atoms. The van der Waals surface area contributed by atoms with Gasteiger partial charge in [-0.3, -0.25) is 4.79 Å². The van der Waals surface area contributed by atoms with Crippen molar-refractivity contribution in [1.29, 1.82) is 5.26 Å². The van der Waals surface area contributed by atoms with Crippen LogP contribution in [-0.2, 0) is 14.3 Å². The van der Waals surface area contributed by atoms with Gasteiger partial charge in [-0.2, -0.15) is 5.26 Å². The van der Waals surface area contributed by atoms with E-state index in [9.17, 15) is 9.59 Å². The molecule has 0 aromatic rings. The van der Waals surface area contributed by atoms with E-state index in [1.807, 2.05) is 6.07 Å². The maximum Gasteiger partial charge on any atom is 0.326 e. The molecule has 1 heterocycles. The summed E-state index contributed by atoms with van der Waals surface area (Å²) in [6, 6.07) is 0.952. The van der Waals surface area contributed by atoms with Crippen LogP contribution in [0, 0.1) is 23.2 Å². The molecule has 0 aliphatic carbocycles. The van der Waals surface area contributed by atoms with Gasteiger partial charge in [0.2, 0.25) is 5.91 Å². The van der Waals surface area contributed by atoms with Gasteiger partial charge < -0.3 is 15.2 Å². The van der Waals surface area contributed by atoms with Crippen molar-refractivity contribution in [2.24, 2.45) is 11.8 Å². The lowest BCUT2D eigenvalue weighted by atomic mass is 10.0. The minimum atomic E-state index is -1.11. The highest BCUT2D eigenvalue weighted by Gasteiger charge is 2.28. The Morgan fingerprint density at radius 3 is 2.82 bits per heavy atom. The fourth-order valence-corrected chi connectivity index (χ4v) is 1.66. The van der Waals surface area contributed by atoms with Crippen molar-refractivity contribution in [3.63, 3.8) is 0 Å². The average molecular weight is 240 g/mol. The van der Waals surface area contributed by atoms with Crippen LogP contribution in [0.4, 0.5) is 0 Å². The molecular weight excluding hydrogens is 224 g/mol. The lowest BCUT2D eigenvalue weighted by molar-refractivity contribution is -0.142. The molecule has 1 rings (SSSR count). The van der Waals surface area contributed by atoms with E-state index in [1.165, 1.54) is 0 Å². The number of nitrogens with one attached hydrogen (secondary N) is 1. The number of nitriles is 1. The maximum atomic E-state index is 11.7. The first-order chi connectivity index (χ1) is 8.04. The summed E-state index contributed by atoms with van der Waals surface area (Å²) in [4.78, 5) is 22.6. The molecule has 94 valence electrons. The number of carboxylic acids is 1. The molecular formula is C11H16N2O4. The first kappa shape index (κ1) is 13.5. The molecule has 0 saturated carbocycles. The molecule has 1 saturated heterocycles. The predicted octanol–water partition coefficient (Wildman–Crippen LogP) is 0.142. The molecule has 0 aromatic carbocycles. The van der Waals surface area contributed by atoms with Crippen LogP contribution in [0.1, 0.15) is 19.8 Å². The number of nitrogens with zero attached hydrogens (tertiary/aromatic N) is 1. The third-order valence-electron chi connectivity index (χ3n) is 2.72. The second kappa shape index (κ2) is 6.21. The zero-order chi connectivity index (χ0) is 12.8. The highest BCUT2D eigenvalue weighted by molar-refractivity contribution is 5.85. The van der Waals surface area contributed by atoms with Gasteiger partial charge in [-0.25, -0.2) is 4.79 Å². The first-order valence-corrected chi connectivity index (χ1v) is 5.55. The lowest BCUT2D eigenvalue weighted by Gasteiger charge is -2.17. The van der Waals surface area contributed by atoms with Crippen LogP contribution in [0.2, 0.25) is 0 Å². The fourth-order valence-electron chi connectivity index (χ4n) is 1.66. The van der Waals surface area contributed by atoms with Gasteiger partial charge in [-0.15, -0.1) is 0 Å². The Kier molecular flexibility index (Phi) is 4.91. The summed E-state index contributed by atoms with van der Waals surface area (Å²) in [6.45, 7) is 2.50. The Morgan fingerprint density at radius 2 is 2.35 bits per heavy atom. The van der Waals surface area contributed by atoms with Gasteiger partial charge in [0.05, 0.1) is 18.6 Å². The topological polar surface area (TPSA) is 99.4 Å². The molecule has 0 unspecified atom stereocenters. The Morgan fingerprint density at radius 1 is 1.65 bits per heavy atom. The molecule has 0 aromatic heterocycles. The summed E-state index contributed by atoms with van der Waals surface area (Å²) in [5.41, 5.74) is 0. The maximum absolute atomic E-state index is 11.7. The van der Waals surface area contributed by atoms with Crippen LogP contribution < -0.4 is 5.32 Å². The molecule has 2 N–H and O–H groups in total. The Bertz CT molecular complexity index is 331. The molecule has 3 atom stereocenters.